The van der Waals surface area contributed by atoms with Crippen LogP contribution in [0.1, 0.15) is 61.0 Å². The largest absolute Gasteiger partial charge is 0.469 e. The van der Waals surface area contributed by atoms with E-state index in [2.05, 4.69) is 0 Å². The summed E-state index contributed by atoms with van der Waals surface area (Å²) in [6.07, 6.45) is 3.53. The van der Waals surface area contributed by atoms with Crippen molar-refractivity contribution in [2.45, 2.75) is 30.1 Å². The number of nitrogens with zero attached hydrogens (tertiary/aromatic N) is 2. The first-order chi connectivity index (χ1) is 24.7. The van der Waals surface area contributed by atoms with Gasteiger partial charge in [-0.15, -0.1) is 0 Å². The van der Waals surface area contributed by atoms with Gasteiger partial charge in [-0.3, -0.25) is 24.1 Å². The van der Waals surface area contributed by atoms with Gasteiger partial charge in [0.25, 0.3) is 0 Å². The van der Waals surface area contributed by atoms with E-state index in [0.29, 0.717) is 11.1 Å². The maximum absolute atomic E-state index is 15.0. The van der Waals surface area contributed by atoms with Crippen molar-refractivity contribution < 1.29 is 47.7 Å². The minimum atomic E-state index is -2.22. The summed E-state index contributed by atoms with van der Waals surface area (Å²) in [5.74, 6) is -7.44. The lowest BCUT2D eigenvalue weighted by Gasteiger charge is -2.55. The molecule has 3 aromatic rings. The third-order valence-corrected chi connectivity index (χ3v) is 11.2. The summed E-state index contributed by atoms with van der Waals surface area (Å²) in [6.45, 7) is 0. The zero-order valence-corrected chi connectivity index (χ0v) is 28.0. The van der Waals surface area contributed by atoms with Crippen LogP contribution in [0, 0.1) is 11.3 Å². The number of hydrogen-bond donors (Lipinski definition) is 0. The Morgan fingerprint density at radius 2 is 1.22 bits per heavy atom. The molecule has 1 spiro atoms. The molecular formula is C39H32N2O10. The fourth-order valence-corrected chi connectivity index (χ4v) is 9.43. The van der Waals surface area contributed by atoms with Crippen molar-refractivity contribution in [3.8, 4) is 0 Å². The molecule has 4 aliphatic heterocycles. The Hall–Kier alpha value is -5.88. The Morgan fingerprint density at radius 1 is 0.647 bits per heavy atom. The van der Waals surface area contributed by atoms with E-state index in [1.54, 1.807) is 40.3 Å². The number of carbonyl (C=O) groups is 6. The minimum Gasteiger partial charge on any atom is -0.469 e. The number of benzene rings is 3. The first kappa shape index (κ1) is 32.3. The van der Waals surface area contributed by atoms with E-state index in [9.17, 15) is 19.2 Å². The summed E-state index contributed by atoms with van der Waals surface area (Å²) in [6, 6.07) is 16.2. The third-order valence-electron chi connectivity index (χ3n) is 11.2. The van der Waals surface area contributed by atoms with Crippen molar-refractivity contribution >= 4 is 41.5 Å². The highest BCUT2D eigenvalue weighted by atomic mass is 16.5. The van der Waals surface area contributed by atoms with E-state index in [1.165, 1.54) is 26.4 Å². The van der Waals surface area contributed by atoms with E-state index in [-0.39, 0.29) is 22.4 Å². The predicted molar refractivity (Wildman–Crippen MR) is 178 cm³/mol. The molecule has 51 heavy (non-hydrogen) atoms. The number of fused-ring (bicyclic) bond motifs is 12. The third kappa shape index (κ3) is 3.99. The van der Waals surface area contributed by atoms with Gasteiger partial charge in [0.2, 0.25) is 0 Å². The lowest BCUT2D eigenvalue weighted by molar-refractivity contribution is -0.158. The zero-order valence-electron chi connectivity index (χ0n) is 28.0. The van der Waals surface area contributed by atoms with Gasteiger partial charge in [0.1, 0.15) is 23.1 Å². The Labute approximate surface area is 292 Å². The van der Waals surface area contributed by atoms with E-state index in [4.69, 9.17) is 18.9 Å². The second-order valence-electron chi connectivity index (χ2n) is 13.0. The molecule has 8 rings (SSSR count). The Morgan fingerprint density at radius 3 is 1.82 bits per heavy atom. The smallest absolute Gasteiger partial charge is 0.355 e. The van der Waals surface area contributed by atoms with Crippen LogP contribution in [0.5, 0.6) is 0 Å². The molecule has 0 radical (unpaired) electrons. The Bertz CT molecular complexity index is 2120. The highest BCUT2D eigenvalue weighted by Gasteiger charge is 2.77. The van der Waals surface area contributed by atoms with Crippen LogP contribution in [-0.4, -0.2) is 85.8 Å². The maximum Gasteiger partial charge on any atom is 0.355 e. The van der Waals surface area contributed by atoms with Crippen molar-refractivity contribution in [2.75, 3.05) is 28.4 Å². The molecule has 4 heterocycles. The number of hydrogen-bond acceptors (Lipinski definition) is 12. The molecule has 0 N–H and O–H groups in total. The number of esters is 4. The van der Waals surface area contributed by atoms with Crippen molar-refractivity contribution in [2.24, 2.45) is 11.3 Å². The molecule has 0 saturated carbocycles. The summed E-state index contributed by atoms with van der Waals surface area (Å²) in [7, 11) is 4.62. The number of ether oxygens (including phenoxy) is 4. The quantitative estimate of drug-likeness (QED) is 0.225. The van der Waals surface area contributed by atoms with E-state index >= 15 is 9.59 Å². The van der Waals surface area contributed by atoms with Gasteiger partial charge in [-0.1, -0.05) is 72.8 Å². The average Bonchev–Trinajstić information content (AvgIpc) is 3.61. The molecule has 1 saturated heterocycles. The molecule has 0 aromatic heterocycles. The van der Waals surface area contributed by atoms with Gasteiger partial charge >= 0.3 is 23.9 Å². The molecule has 1 fully saturated rings. The number of methoxy groups -OCH3 is 4. The van der Waals surface area contributed by atoms with E-state index in [1.807, 2.05) is 42.5 Å². The summed E-state index contributed by atoms with van der Waals surface area (Å²) < 4.78 is 21.3. The van der Waals surface area contributed by atoms with Gasteiger partial charge in [-0.25, -0.2) is 9.59 Å². The van der Waals surface area contributed by atoms with Crippen LogP contribution < -0.4 is 0 Å². The van der Waals surface area contributed by atoms with Crippen LogP contribution >= 0.6 is 0 Å². The fourth-order valence-electron chi connectivity index (χ4n) is 9.43. The molecule has 6 atom stereocenters. The van der Waals surface area contributed by atoms with Crippen molar-refractivity contribution in [1.29, 1.82) is 0 Å². The van der Waals surface area contributed by atoms with Crippen LogP contribution in [0.15, 0.2) is 90.3 Å². The van der Waals surface area contributed by atoms with Gasteiger partial charge < -0.3 is 23.8 Å². The van der Waals surface area contributed by atoms with Gasteiger partial charge in [-0.05, 0) is 28.3 Å². The second-order valence-corrected chi connectivity index (χ2v) is 13.0. The number of rotatable bonds is 4. The van der Waals surface area contributed by atoms with Gasteiger partial charge in [0.15, 0.2) is 11.6 Å². The molecule has 12 nitrogen and oxygen atoms in total. The second kappa shape index (κ2) is 11.6. The highest BCUT2D eigenvalue weighted by molar-refractivity contribution is 6.32. The highest BCUT2D eigenvalue weighted by Crippen LogP contribution is 2.67. The molecule has 0 unspecified atom stereocenters. The molecule has 1 aliphatic carbocycles. The van der Waals surface area contributed by atoms with Crippen molar-refractivity contribution in [1.82, 2.24) is 9.80 Å². The predicted octanol–water partition coefficient (Wildman–Crippen LogP) is 3.55. The Kier molecular flexibility index (Phi) is 7.35. The summed E-state index contributed by atoms with van der Waals surface area (Å²) in [5.41, 5.74) is 0.487. The molecular weight excluding hydrogens is 656 g/mol. The summed E-state index contributed by atoms with van der Waals surface area (Å²) in [5, 5.41) is 0. The number of Topliss-reactive ketones (excluding diaryl/α,β-unsaturated/α-hetero) is 2. The maximum atomic E-state index is 15.0. The lowest BCUT2D eigenvalue weighted by Crippen LogP contribution is -2.59. The van der Waals surface area contributed by atoms with Crippen molar-refractivity contribution in [3.05, 3.63) is 124 Å². The lowest BCUT2D eigenvalue weighted by atomic mass is 9.62. The average molecular weight is 689 g/mol. The molecule has 258 valence electrons. The monoisotopic (exact) mass is 688 g/mol. The SMILES string of the molecule is COC(=O)C1=C(C(=O)OC)N2C=Cc3ccccc3[C@H]2[C@H]2c3ccccc3[C@H]3N([C@@H]12)[C@@H](C(=O)OC)[C@@H](C(=O)OC)C31C(=O)c2ccccc2C1=O. The normalized spacial score (nSPS) is 26.3. The van der Waals surface area contributed by atoms with Gasteiger partial charge in [0.05, 0.1) is 52.1 Å². The molecule has 5 aliphatic rings. The first-order valence-corrected chi connectivity index (χ1v) is 16.4. The van der Waals surface area contributed by atoms with E-state index < -0.39 is 76.9 Å². The minimum absolute atomic E-state index is 0.0987. The van der Waals surface area contributed by atoms with Crippen LogP contribution in [0.3, 0.4) is 0 Å². The number of ketones is 2. The molecule has 0 amide bonds. The first-order valence-electron chi connectivity index (χ1n) is 16.4. The standard InChI is InChI=1S/C39H32N2O10/c1-48-35(44)26-29-25(28-20-12-6-5-11-19(20)17-18-40(28)30(26)37(46)50-3)21-13-7-8-14-22(21)32-39(33(42)23-15-9-10-16-24(23)34(39)43)27(36(45)49-2)31(41(29)32)38(47)51-4/h5-18,25,27-29,31-32H,1-4H3/t25-,27+,28+,29-,31-,32-/m1/s1. The van der Waals surface area contributed by atoms with E-state index in [0.717, 1.165) is 25.3 Å². The molecule has 3 aromatic carbocycles. The number of carbonyl (C=O) groups excluding carboxylic acids is 6. The summed E-state index contributed by atoms with van der Waals surface area (Å²) >= 11 is 0. The van der Waals surface area contributed by atoms with Gasteiger partial charge in [0, 0.05) is 23.2 Å². The van der Waals surface area contributed by atoms with Crippen LogP contribution in [0.25, 0.3) is 6.08 Å². The van der Waals surface area contributed by atoms with Gasteiger partial charge in [-0.2, -0.15) is 0 Å². The zero-order chi connectivity index (χ0) is 35.9. The topological polar surface area (TPSA) is 146 Å². The van der Waals surface area contributed by atoms with Crippen LogP contribution in [-0.2, 0) is 38.1 Å². The fraction of sp³-hybridized carbons (Fsp3) is 0.282. The molecule has 12 heteroatoms. The summed E-state index contributed by atoms with van der Waals surface area (Å²) in [4.78, 5) is 89.9. The molecule has 0 bridgehead atoms. The van der Waals surface area contributed by atoms with Crippen molar-refractivity contribution in [3.63, 3.8) is 0 Å². The van der Waals surface area contributed by atoms with Crippen LogP contribution in [0.4, 0.5) is 0 Å². The van der Waals surface area contributed by atoms with Crippen LogP contribution in [0.2, 0.25) is 0 Å². The Balaban J connectivity index is 1.54.